The lowest BCUT2D eigenvalue weighted by Crippen LogP contribution is -2.32. The highest BCUT2D eigenvalue weighted by Gasteiger charge is 2.45. The van der Waals surface area contributed by atoms with Crippen LogP contribution in [-0.4, -0.2) is 18.8 Å². The van der Waals surface area contributed by atoms with E-state index in [1.807, 2.05) is 12.1 Å². The molecule has 21 heavy (non-hydrogen) atoms. The molecule has 116 valence electrons. The molecule has 0 aliphatic heterocycles. The number of hydrogen-bond donors (Lipinski definition) is 0. The van der Waals surface area contributed by atoms with Crippen LogP contribution in [0.15, 0.2) is 24.3 Å². The van der Waals surface area contributed by atoms with Crippen LogP contribution in [0.25, 0.3) is 0 Å². The Kier molecular flexibility index (Phi) is 4.59. The lowest BCUT2D eigenvalue weighted by molar-refractivity contribution is -0.185. The number of carbonyl (C=O) groups excluding carboxylic acids is 1. The molecule has 1 unspecified atom stereocenters. The van der Waals surface area contributed by atoms with Crippen molar-refractivity contribution in [3.8, 4) is 0 Å². The van der Waals surface area contributed by atoms with Gasteiger partial charge in [-0.3, -0.25) is 4.79 Å². The molecule has 2 nitrogen and oxygen atoms in total. The number of halogens is 3. The van der Waals surface area contributed by atoms with Gasteiger partial charge < -0.3 is 4.74 Å². The predicted octanol–water partition coefficient (Wildman–Crippen LogP) is 4.41. The number of benzene rings is 1. The van der Waals surface area contributed by atoms with Crippen LogP contribution in [0.3, 0.4) is 0 Å². The summed E-state index contributed by atoms with van der Waals surface area (Å²) in [7, 11) is 0. The maximum absolute atomic E-state index is 13.0. The molecular weight excluding hydrogens is 281 g/mol. The van der Waals surface area contributed by atoms with Crippen LogP contribution in [0.4, 0.5) is 13.2 Å². The average molecular weight is 300 g/mol. The van der Waals surface area contributed by atoms with E-state index in [1.54, 1.807) is 19.1 Å². The van der Waals surface area contributed by atoms with Crippen molar-refractivity contribution < 1.29 is 22.7 Å². The summed E-state index contributed by atoms with van der Waals surface area (Å²) in [5.41, 5.74) is 1.49. The predicted molar refractivity (Wildman–Crippen MR) is 73.0 cm³/mol. The third-order valence-electron chi connectivity index (χ3n) is 3.90. The quantitative estimate of drug-likeness (QED) is 0.753. The summed E-state index contributed by atoms with van der Waals surface area (Å²) in [6, 6.07) is 6.89. The van der Waals surface area contributed by atoms with E-state index in [1.165, 1.54) is 0 Å². The van der Waals surface area contributed by atoms with Gasteiger partial charge in [0.2, 0.25) is 0 Å². The second-order valence-corrected chi connectivity index (χ2v) is 5.50. The van der Waals surface area contributed by atoms with Gasteiger partial charge in [-0.15, -0.1) is 0 Å². The van der Waals surface area contributed by atoms with Gasteiger partial charge in [0.05, 0.1) is 18.4 Å². The highest BCUT2D eigenvalue weighted by molar-refractivity contribution is 5.78. The normalized spacial score (nSPS) is 18.1. The molecule has 0 N–H and O–H groups in total. The Morgan fingerprint density at radius 2 is 1.86 bits per heavy atom. The molecule has 0 heterocycles. The summed E-state index contributed by atoms with van der Waals surface area (Å²) < 4.78 is 43.8. The van der Waals surface area contributed by atoms with E-state index < -0.39 is 24.0 Å². The summed E-state index contributed by atoms with van der Waals surface area (Å²) in [5, 5.41) is 0. The van der Waals surface area contributed by atoms with E-state index in [-0.39, 0.29) is 6.61 Å². The fourth-order valence-corrected chi connectivity index (χ4v) is 2.44. The van der Waals surface area contributed by atoms with Crippen LogP contribution < -0.4 is 0 Å². The molecule has 0 radical (unpaired) electrons. The van der Waals surface area contributed by atoms with Crippen LogP contribution >= 0.6 is 0 Å². The standard InChI is InChI=1S/C16H19F3O2/c1-3-21-15(20)14(10(2)16(17,18)19)13-8-6-12(7-9-13)11-4-5-11/h6-11,14H,3-5H2,1-2H3/t10-,14?/m1/s1. The van der Waals surface area contributed by atoms with Gasteiger partial charge in [-0.1, -0.05) is 31.2 Å². The summed E-state index contributed by atoms with van der Waals surface area (Å²) in [5.74, 6) is -3.37. The van der Waals surface area contributed by atoms with Gasteiger partial charge >= 0.3 is 12.1 Å². The van der Waals surface area contributed by atoms with Crippen molar-refractivity contribution in [3.63, 3.8) is 0 Å². The summed E-state index contributed by atoms with van der Waals surface area (Å²) >= 11 is 0. The summed E-state index contributed by atoms with van der Waals surface area (Å²) in [6.07, 6.45) is -2.19. The molecule has 1 aliphatic rings. The van der Waals surface area contributed by atoms with Crippen molar-refractivity contribution in [1.29, 1.82) is 0 Å². The Bertz CT molecular complexity index is 489. The van der Waals surface area contributed by atoms with Crippen molar-refractivity contribution in [3.05, 3.63) is 35.4 Å². The molecule has 0 bridgehead atoms. The third kappa shape index (κ3) is 3.77. The van der Waals surface area contributed by atoms with Gasteiger partial charge in [-0.2, -0.15) is 13.2 Å². The molecule has 0 saturated heterocycles. The minimum atomic E-state index is -4.44. The Morgan fingerprint density at radius 3 is 2.29 bits per heavy atom. The molecule has 1 aromatic carbocycles. The summed E-state index contributed by atoms with van der Waals surface area (Å²) in [4.78, 5) is 11.9. The van der Waals surface area contributed by atoms with Gasteiger partial charge in [-0.25, -0.2) is 0 Å². The first-order valence-corrected chi connectivity index (χ1v) is 7.17. The fourth-order valence-electron chi connectivity index (χ4n) is 2.44. The SMILES string of the molecule is CCOC(=O)C(c1ccc(C2CC2)cc1)[C@@H](C)C(F)(F)F. The van der Waals surface area contributed by atoms with Crippen molar-refractivity contribution in [2.45, 2.75) is 44.7 Å². The molecule has 0 aromatic heterocycles. The second-order valence-electron chi connectivity index (χ2n) is 5.50. The monoisotopic (exact) mass is 300 g/mol. The lowest BCUT2D eigenvalue weighted by atomic mass is 9.86. The van der Waals surface area contributed by atoms with Crippen LogP contribution in [0.1, 0.15) is 49.7 Å². The number of ether oxygens (including phenoxy) is 1. The Hall–Kier alpha value is -1.52. The van der Waals surface area contributed by atoms with Gasteiger partial charge in [0.15, 0.2) is 0 Å². The minimum Gasteiger partial charge on any atom is -0.466 e. The largest absolute Gasteiger partial charge is 0.466 e. The number of rotatable bonds is 5. The van der Waals surface area contributed by atoms with Crippen LogP contribution in [0.5, 0.6) is 0 Å². The lowest BCUT2D eigenvalue weighted by Gasteiger charge is -2.25. The van der Waals surface area contributed by atoms with E-state index in [4.69, 9.17) is 4.74 Å². The first-order valence-electron chi connectivity index (χ1n) is 7.17. The molecule has 5 heteroatoms. The van der Waals surface area contributed by atoms with E-state index in [0.717, 1.165) is 25.3 Å². The van der Waals surface area contributed by atoms with Gasteiger partial charge in [0.25, 0.3) is 0 Å². The molecule has 0 amide bonds. The maximum atomic E-state index is 13.0. The highest BCUT2D eigenvalue weighted by Crippen LogP contribution is 2.42. The summed E-state index contributed by atoms with van der Waals surface area (Å²) in [6.45, 7) is 2.68. The Morgan fingerprint density at radius 1 is 1.29 bits per heavy atom. The first-order chi connectivity index (χ1) is 9.84. The van der Waals surface area contributed by atoms with Crippen LogP contribution in [0.2, 0.25) is 0 Å². The van der Waals surface area contributed by atoms with Crippen molar-refractivity contribution in [2.75, 3.05) is 6.61 Å². The van der Waals surface area contributed by atoms with Crippen molar-refractivity contribution >= 4 is 5.97 Å². The van der Waals surface area contributed by atoms with Crippen LogP contribution in [0, 0.1) is 5.92 Å². The van der Waals surface area contributed by atoms with Crippen molar-refractivity contribution in [2.24, 2.45) is 5.92 Å². The molecule has 1 saturated carbocycles. The van der Waals surface area contributed by atoms with E-state index in [0.29, 0.717) is 11.5 Å². The maximum Gasteiger partial charge on any atom is 0.392 e. The zero-order valence-electron chi connectivity index (χ0n) is 12.1. The molecule has 1 fully saturated rings. The van der Waals surface area contributed by atoms with Gasteiger partial charge in [0.1, 0.15) is 0 Å². The topological polar surface area (TPSA) is 26.3 Å². The number of carbonyl (C=O) groups is 1. The minimum absolute atomic E-state index is 0.0695. The fraction of sp³-hybridized carbons (Fsp3) is 0.562. The van der Waals surface area contributed by atoms with Crippen LogP contribution in [-0.2, 0) is 9.53 Å². The molecule has 0 spiro atoms. The molecule has 1 aromatic rings. The molecule has 1 aliphatic carbocycles. The smallest absolute Gasteiger partial charge is 0.392 e. The number of alkyl halides is 3. The number of esters is 1. The van der Waals surface area contributed by atoms with Gasteiger partial charge in [0, 0.05) is 0 Å². The first kappa shape index (κ1) is 15.9. The zero-order valence-corrected chi connectivity index (χ0v) is 12.1. The number of hydrogen-bond acceptors (Lipinski definition) is 2. The molecule has 2 rings (SSSR count). The van der Waals surface area contributed by atoms with E-state index in [9.17, 15) is 18.0 Å². The van der Waals surface area contributed by atoms with Crippen molar-refractivity contribution in [1.82, 2.24) is 0 Å². The Labute approximate surface area is 122 Å². The molecular formula is C16H19F3O2. The second kappa shape index (κ2) is 6.08. The highest BCUT2D eigenvalue weighted by atomic mass is 19.4. The zero-order chi connectivity index (χ0) is 15.6. The van der Waals surface area contributed by atoms with Gasteiger partial charge in [-0.05, 0) is 36.8 Å². The van der Waals surface area contributed by atoms with E-state index >= 15 is 0 Å². The van der Waals surface area contributed by atoms with E-state index in [2.05, 4.69) is 0 Å². The third-order valence-corrected chi connectivity index (χ3v) is 3.90. The average Bonchev–Trinajstić information content (AvgIpc) is 3.23. The Balaban J connectivity index is 2.26. The molecule has 2 atom stereocenters.